The third kappa shape index (κ3) is 11.4. The van der Waals surface area contributed by atoms with Crippen LogP contribution in [0.1, 0.15) is 57.3 Å². The minimum absolute atomic E-state index is 0.342. The number of carbonyl (C=O) groups is 2. The molecule has 9 heteroatoms. The van der Waals surface area contributed by atoms with Gasteiger partial charge in [0.25, 0.3) is 0 Å². The maximum absolute atomic E-state index is 11.3. The number of aryl methyl sites for hydroxylation is 3. The van der Waals surface area contributed by atoms with Gasteiger partial charge in [0, 0.05) is 11.9 Å². The molecule has 0 atom stereocenters. The van der Waals surface area contributed by atoms with Gasteiger partial charge in [0.05, 0.1) is 21.3 Å². The molecule has 2 amide bonds. The highest BCUT2D eigenvalue weighted by molar-refractivity contribution is 7.16. The van der Waals surface area contributed by atoms with Gasteiger partial charge in [-0.25, -0.2) is 14.8 Å². The summed E-state index contributed by atoms with van der Waals surface area (Å²) in [6, 6.07) is 10.2. The van der Waals surface area contributed by atoms with Crippen molar-refractivity contribution in [3.8, 4) is 10.6 Å². The Kier molecular flexibility index (Phi) is 13.1. The minimum atomic E-state index is -0.427. The quantitative estimate of drug-likeness (QED) is 0.278. The number of nitrogens with one attached hydrogen (secondary N) is 2. The van der Waals surface area contributed by atoms with Crippen LogP contribution in [0.25, 0.3) is 10.6 Å². The molecule has 3 aromatic rings. The number of ether oxygens (including phenoxy) is 1. The number of thiazole rings is 2. The number of amides is 2. The van der Waals surface area contributed by atoms with Crippen LogP contribution in [-0.2, 0) is 16.0 Å². The predicted octanol–water partition coefficient (Wildman–Crippen LogP) is 6.62. The molecule has 34 heavy (non-hydrogen) atoms. The zero-order chi connectivity index (χ0) is 25.6. The first-order valence-corrected chi connectivity index (χ1v) is 13.0. The molecule has 0 aliphatic heterocycles. The lowest BCUT2D eigenvalue weighted by Crippen LogP contribution is -2.33. The first-order valence-electron chi connectivity index (χ1n) is 11.3. The lowest BCUT2D eigenvalue weighted by Gasteiger charge is -2.19. The largest absolute Gasteiger partial charge is 0.444 e. The normalized spacial score (nSPS) is 10.2. The minimum Gasteiger partial charge on any atom is -0.444 e. The van der Waals surface area contributed by atoms with Crippen molar-refractivity contribution in [2.45, 2.75) is 66.9 Å². The van der Waals surface area contributed by atoms with Crippen molar-refractivity contribution in [3.05, 3.63) is 52.0 Å². The predicted molar refractivity (Wildman–Crippen MR) is 143 cm³/mol. The van der Waals surface area contributed by atoms with E-state index in [9.17, 15) is 9.59 Å². The van der Waals surface area contributed by atoms with Gasteiger partial charge in [0.15, 0.2) is 5.13 Å². The van der Waals surface area contributed by atoms with Crippen molar-refractivity contribution in [1.29, 1.82) is 0 Å². The van der Waals surface area contributed by atoms with E-state index in [0.717, 1.165) is 34.1 Å². The lowest BCUT2D eigenvalue weighted by atomic mass is 10.1. The van der Waals surface area contributed by atoms with Crippen LogP contribution >= 0.6 is 22.7 Å². The van der Waals surface area contributed by atoms with Gasteiger partial charge < -0.3 is 15.4 Å². The van der Waals surface area contributed by atoms with E-state index in [4.69, 9.17) is 4.74 Å². The molecule has 7 nitrogen and oxygen atoms in total. The molecule has 186 valence electrons. The highest BCUT2D eigenvalue weighted by Gasteiger charge is 2.15. The van der Waals surface area contributed by atoms with E-state index in [2.05, 4.69) is 32.7 Å². The summed E-state index contributed by atoms with van der Waals surface area (Å²) in [5, 5.41) is 8.85. The SMILES string of the molecule is CC.CC(C)(C)OC(=O)NCCCc1ccccc1.Cc1nc(C)c(-c2csc(NC=O)n2)s1. The second-order valence-corrected chi connectivity index (χ2v) is 10.0. The molecule has 0 saturated heterocycles. The molecule has 2 heterocycles. The van der Waals surface area contributed by atoms with Crippen LogP contribution in [0.4, 0.5) is 9.93 Å². The van der Waals surface area contributed by atoms with Crippen molar-refractivity contribution in [3.63, 3.8) is 0 Å². The van der Waals surface area contributed by atoms with Crippen LogP contribution in [0.2, 0.25) is 0 Å². The third-order valence-corrected chi connectivity index (χ3v) is 5.84. The number of aromatic nitrogens is 2. The average molecular weight is 505 g/mol. The smallest absolute Gasteiger partial charge is 0.407 e. The standard InChI is InChI=1S/C14H21NO2.C9H9N3OS2.C2H6/c1-14(2,3)17-13(16)15-11-7-10-12-8-5-4-6-9-12;1-5-8(15-6(2)11-5)7-3-14-9(12-7)10-4-13;1-2/h4-6,8-9H,7,10-11H2,1-3H3,(H,15,16);3-4H,1-2H3,(H,10,12,13);1-2H3. The summed E-state index contributed by atoms with van der Waals surface area (Å²) in [6.07, 6.45) is 2.18. The number of rotatable bonds is 7. The Bertz CT molecular complexity index is 995. The monoisotopic (exact) mass is 504 g/mol. The Balaban J connectivity index is 0.000000318. The van der Waals surface area contributed by atoms with Crippen LogP contribution in [0.3, 0.4) is 0 Å². The summed E-state index contributed by atoms with van der Waals surface area (Å²) in [5.41, 5.74) is 2.73. The first kappa shape index (κ1) is 29.3. The molecule has 1 aromatic carbocycles. The maximum atomic E-state index is 11.3. The van der Waals surface area contributed by atoms with E-state index in [1.165, 1.54) is 16.9 Å². The van der Waals surface area contributed by atoms with Crippen LogP contribution in [0.15, 0.2) is 35.7 Å². The van der Waals surface area contributed by atoms with Crippen LogP contribution < -0.4 is 10.6 Å². The van der Waals surface area contributed by atoms with E-state index < -0.39 is 5.60 Å². The molecule has 0 aliphatic carbocycles. The summed E-state index contributed by atoms with van der Waals surface area (Å²) in [5.74, 6) is 0. The van der Waals surface area contributed by atoms with Crippen molar-refractivity contribution >= 4 is 40.3 Å². The highest BCUT2D eigenvalue weighted by atomic mass is 32.1. The molecule has 0 fully saturated rings. The molecule has 0 saturated carbocycles. The van der Waals surface area contributed by atoms with E-state index in [0.29, 0.717) is 18.1 Å². The van der Waals surface area contributed by atoms with E-state index in [-0.39, 0.29) is 6.09 Å². The summed E-state index contributed by atoms with van der Waals surface area (Å²) >= 11 is 3.03. The molecule has 3 rings (SSSR count). The molecule has 2 N–H and O–H groups in total. The Morgan fingerprint density at radius 3 is 2.35 bits per heavy atom. The topological polar surface area (TPSA) is 93.2 Å². The zero-order valence-corrected chi connectivity index (χ0v) is 22.7. The third-order valence-electron chi connectivity index (χ3n) is 3.98. The molecule has 0 aliphatic rings. The molecule has 0 radical (unpaired) electrons. The zero-order valence-electron chi connectivity index (χ0n) is 21.1. The average Bonchev–Trinajstić information content (AvgIpc) is 3.38. The van der Waals surface area contributed by atoms with Crippen LogP contribution in [0.5, 0.6) is 0 Å². The highest BCUT2D eigenvalue weighted by Crippen LogP contribution is 2.31. The Morgan fingerprint density at radius 2 is 1.79 bits per heavy atom. The van der Waals surface area contributed by atoms with Crippen molar-refractivity contribution < 1.29 is 14.3 Å². The lowest BCUT2D eigenvalue weighted by molar-refractivity contribution is -0.105. The van der Waals surface area contributed by atoms with E-state index >= 15 is 0 Å². The fourth-order valence-electron chi connectivity index (χ4n) is 2.71. The van der Waals surface area contributed by atoms with E-state index in [1.807, 2.05) is 72.0 Å². The second-order valence-electron chi connectivity index (χ2n) is 7.97. The molecule has 0 bridgehead atoms. The van der Waals surface area contributed by atoms with Crippen molar-refractivity contribution in [2.24, 2.45) is 0 Å². The molecule has 0 spiro atoms. The van der Waals surface area contributed by atoms with Gasteiger partial charge in [0.1, 0.15) is 5.60 Å². The number of carbonyl (C=O) groups excluding carboxylic acids is 2. The van der Waals surface area contributed by atoms with Gasteiger partial charge in [-0.3, -0.25) is 4.79 Å². The number of anilines is 1. The molecule has 2 aromatic heterocycles. The number of benzene rings is 1. The Morgan fingerprint density at radius 1 is 1.12 bits per heavy atom. The molecule has 0 unspecified atom stereocenters. The van der Waals surface area contributed by atoms with Gasteiger partial charge in [0.2, 0.25) is 6.41 Å². The van der Waals surface area contributed by atoms with Crippen molar-refractivity contribution in [2.75, 3.05) is 11.9 Å². The van der Waals surface area contributed by atoms with Gasteiger partial charge in [-0.05, 0) is 53.0 Å². The molecular weight excluding hydrogens is 468 g/mol. The van der Waals surface area contributed by atoms with Crippen LogP contribution in [-0.4, -0.2) is 34.6 Å². The van der Waals surface area contributed by atoms with E-state index in [1.54, 1.807) is 11.3 Å². The number of nitrogens with zero attached hydrogens (tertiary/aromatic N) is 2. The number of hydrogen-bond donors (Lipinski definition) is 2. The first-order chi connectivity index (χ1) is 16.2. The van der Waals surface area contributed by atoms with Gasteiger partial charge in [-0.1, -0.05) is 44.2 Å². The number of hydrogen-bond acceptors (Lipinski definition) is 7. The fraction of sp³-hybridized carbons (Fsp3) is 0.440. The second kappa shape index (κ2) is 15.2. The summed E-state index contributed by atoms with van der Waals surface area (Å²) in [6.45, 7) is 14.1. The van der Waals surface area contributed by atoms with Crippen LogP contribution in [0, 0.1) is 13.8 Å². The Hall–Kier alpha value is -2.78. The fourth-order valence-corrected chi connectivity index (χ4v) is 4.32. The summed E-state index contributed by atoms with van der Waals surface area (Å²) in [7, 11) is 0. The van der Waals surface area contributed by atoms with Crippen molar-refractivity contribution in [1.82, 2.24) is 15.3 Å². The van der Waals surface area contributed by atoms with Gasteiger partial charge in [-0.15, -0.1) is 22.7 Å². The maximum Gasteiger partial charge on any atom is 0.407 e. The van der Waals surface area contributed by atoms with Gasteiger partial charge >= 0.3 is 6.09 Å². The van der Waals surface area contributed by atoms with Gasteiger partial charge in [-0.2, -0.15) is 0 Å². The molecular formula is C25H36N4O3S2. The Labute approximate surface area is 211 Å². The summed E-state index contributed by atoms with van der Waals surface area (Å²) in [4.78, 5) is 31.3. The summed E-state index contributed by atoms with van der Waals surface area (Å²) < 4.78 is 5.14. The number of alkyl carbamates (subject to hydrolysis) is 1.